The number of hydrogen-bond donors (Lipinski definition) is 2. The molecule has 0 saturated carbocycles. The number of anilines is 2. The molecule has 2 saturated heterocycles. The minimum Gasteiger partial charge on any atom is -0.462 e. The van der Waals surface area contributed by atoms with Gasteiger partial charge in [-0.2, -0.15) is 0 Å². The molecule has 4 rings (SSSR count). The van der Waals surface area contributed by atoms with Gasteiger partial charge in [0.05, 0.1) is 40.4 Å². The monoisotopic (exact) mass is 682 g/mol. The van der Waals surface area contributed by atoms with E-state index < -0.39 is 23.6 Å². The summed E-state index contributed by atoms with van der Waals surface area (Å²) in [5, 5.41) is 3.61. The van der Waals surface area contributed by atoms with Crippen LogP contribution in [0.25, 0.3) is 0 Å². The predicted octanol–water partition coefficient (Wildman–Crippen LogP) is 4.53. The molecule has 0 bridgehead atoms. The van der Waals surface area contributed by atoms with Gasteiger partial charge in [-0.15, -0.1) is 24.8 Å². The molecule has 0 unspecified atom stereocenters. The Morgan fingerprint density at radius 1 is 0.884 bits per heavy atom. The number of halogens is 4. The second-order valence-corrected chi connectivity index (χ2v) is 11.2. The summed E-state index contributed by atoms with van der Waals surface area (Å²) in [5.74, 6) is 0.383. The maximum Gasteiger partial charge on any atom is 0.407 e. The highest BCUT2D eigenvalue weighted by Gasteiger charge is 2.32. The Kier molecular flexibility index (Phi) is 15.0. The van der Waals surface area contributed by atoms with E-state index in [4.69, 9.17) is 43.1 Å². The maximum atomic E-state index is 11.7. The van der Waals surface area contributed by atoms with Crippen molar-refractivity contribution >= 4 is 77.7 Å². The van der Waals surface area contributed by atoms with Crippen LogP contribution >= 0.6 is 48.0 Å². The van der Waals surface area contributed by atoms with Gasteiger partial charge >= 0.3 is 18.0 Å². The molecule has 2 aromatic heterocycles. The summed E-state index contributed by atoms with van der Waals surface area (Å²) in [5.41, 5.74) is 5.84. The average Bonchev–Trinajstić information content (AvgIpc) is 2.84. The smallest absolute Gasteiger partial charge is 0.407 e. The minimum absolute atomic E-state index is 0. The fourth-order valence-corrected chi connectivity index (χ4v) is 4.45. The lowest BCUT2D eigenvalue weighted by Crippen LogP contribution is -2.60. The van der Waals surface area contributed by atoms with Gasteiger partial charge in [0.2, 0.25) is 0 Å². The minimum atomic E-state index is -0.526. The molecule has 2 aliphatic rings. The summed E-state index contributed by atoms with van der Waals surface area (Å²) < 4.78 is 15.0. The first-order chi connectivity index (χ1) is 19.3. The number of pyridine rings is 2. The van der Waals surface area contributed by atoms with E-state index in [1.165, 1.54) is 18.5 Å². The van der Waals surface area contributed by atoms with Crippen LogP contribution in [0.5, 0.6) is 0 Å². The molecule has 240 valence electrons. The lowest BCUT2D eigenvalue weighted by atomic mass is 10.1. The number of nitrogens with two attached hydrogens (primary N) is 1. The van der Waals surface area contributed by atoms with E-state index in [9.17, 15) is 14.4 Å². The van der Waals surface area contributed by atoms with Crippen molar-refractivity contribution in [2.75, 3.05) is 49.2 Å². The van der Waals surface area contributed by atoms with Gasteiger partial charge in [0.1, 0.15) is 17.2 Å². The standard InChI is InChI=1S/C16H22ClN3O4.C11H14ClN3O2.2ClH/c1-5-23-14(21)10-6-12(17)13(18-7-10)20-8-11(9-20)19-15(22)24-16(2,3)4;1-2-17-11(16)7-3-9(12)10(14-4-7)15-5-8(13)6-15;;/h6-7,11H,5,8-9H2,1-4H3,(H,19,22);3-4,8H,2,5-6,13H2,1H3;2*1H. The summed E-state index contributed by atoms with van der Waals surface area (Å²) in [7, 11) is 0. The average molecular weight is 684 g/mol. The zero-order valence-electron chi connectivity index (χ0n) is 24.6. The van der Waals surface area contributed by atoms with Gasteiger partial charge < -0.3 is 35.1 Å². The molecule has 0 spiro atoms. The van der Waals surface area contributed by atoms with Crippen molar-refractivity contribution in [3.8, 4) is 0 Å². The van der Waals surface area contributed by atoms with E-state index >= 15 is 0 Å². The molecule has 3 N–H and O–H groups in total. The van der Waals surface area contributed by atoms with Crippen molar-refractivity contribution in [3.05, 3.63) is 45.7 Å². The first-order valence-corrected chi connectivity index (χ1v) is 14.0. The highest BCUT2D eigenvalue weighted by atomic mass is 35.5. The maximum absolute atomic E-state index is 11.7. The Bertz CT molecular complexity index is 1250. The number of ether oxygens (including phenoxy) is 3. The zero-order chi connectivity index (χ0) is 30.3. The molecule has 16 heteroatoms. The van der Waals surface area contributed by atoms with E-state index in [1.54, 1.807) is 19.9 Å². The van der Waals surface area contributed by atoms with Crippen LogP contribution in [0.2, 0.25) is 10.0 Å². The lowest BCUT2D eigenvalue weighted by Gasteiger charge is -2.40. The largest absolute Gasteiger partial charge is 0.462 e. The number of nitrogens with zero attached hydrogens (tertiary/aromatic N) is 4. The van der Waals surface area contributed by atoms with Crippen molar-refractivity contribution in [3.63, 3.8) is 0 Å². The summed E-state index contributed by atoms with van der Waals surface area (Å²) >= 11 is 12.3. The topological polar surface area (TPSA) is 149 Å². The molecule has 0 aromatic carbocycles. The van der Waals surface area contributed by atoms with Gasteiger partial charge in [0, 0.05) is 44.6 Å². The molecule has 1 amide bonds. The number of rotatable bonds is 7. The van der Waals surface area contributed by atoms with Gasteiger partial charge in [-0.25, -0.2) is 24.4 Å². The number of carbonyl (C=O) groups excluding carboxylic acids is 3. The van der Waals surface area contributed by atoms with E-state index in [0.29, 0.717) is 59.1 Å². The van der Waals surface area contributed by atoms with Crippen molar-refractivity contribution in [1.29, 1.82) is 0 Å². The van der Waals surface area contributed by atoms with Crippen molar-refractivity contribution in [2.24, 2.45) is 5.73 Å². The molecular formula is C27H38Cl4N6O6. The molecule has 12 nitrogen and oxygen atoms in total. The summed E-state index contributed by atoms with van der Waals surface area (Å²) in [6.07, 6.45) is 2.47. The first kappa shape index (κ1) is 38.3. The van der Waals surface area contributed by atoms with Crippen LogP contribution in [0.4, 0.5) is 16.4 Å². The third-order valence-corrected chi connectivity index (χ3v) is 6.33. The van der Waals surface area contributed by atoms with Crippen molar-refractivity contribution in [1.82, 2.24) is 15.3 Å². The van der Waals surface area contributed by atoms with Crippen molar-refractivity contribution in [2.45, 2.75) is 52.3 Å². The van der Waals surface area contributed by atoms with Gasteiger partial charge in [0.25, 0.3) is 0 Å². The van der Waals surface area contributed by atoms with E-state index in [2.05, 4.69) is 15.3 Å². The van der Waals surface area contributed by atoms with Gasteiger partial charge in [-0.3, -0.25) is 0 Å². The van der Waals surface area contributed by atoms with Crippen LogP contribution < -0.4 is 20.9 Å². The Morgan fingerprint density at radius 2 is 1.30 bits per heavy atom. The molecule has 4 heterocycles. The molecular weight excluding hydrogens is 646 g/mol. The van der Waals surface area contributed by atoms with E-state index in [-0.39, 0.29) is 36.9 Å². The first-order valence-electron chi connectivity index (χ1n) is 13.2. The Balaban J connectivity index is 0.000000432. The Hall–Kier alpha value is -2.77. The number of aromatic nitrogens is 2. The molecule has 43 heavy (non-hydrogen) atoms. The molecule has 2 fully saturated rings. The van der Waals surface area contributed by atoms with Gasteiger partial charge in [-0.1, -0.05) is 23.2 Å². The highest BCUT2D eigenvalue weighted by Crippen LogP contribution is 2.29. The number of hydrogen-bond acceptors (Lipinski definition) is 11. The second-order valence-electron chi connectivity index (χ2n) is 10.4. The van der Waals surface area contributed by atoms with Crippen LogP contribution in [-0.2, 0) is 14.2 Å². The lowest BCUT2D eigenvalue weighted by molar-refractivity contribution is 0.0490. The zero-order valence-corrected chi connectivity index (χ0v) is 27.7. The normalized spacial score (nSPS) is 14.4. The summed E-state index contributed by atoms with van der Waals surface area (Å²) in [6, 6.07) is 3.27. The fraction of sp³-hybridized carbons (Fsp3) is 0.519. The number of alkyl carbamates (subject to hydrolysis) is 1. The van der Waals surface area contributed by atoms with Crippen LogP contribution in [-0.4, -0.2) is 85.1 Å². The third kappa shape index (κ3) is 11.0. The van der Waals surface area contributed by atoms with E-state index in [0.717, 1.165) is 13.1 Å². The van der Waals surface area contributed by atoms with Gasteiger partial charge in [0.15, 0.2) is 0 Å². The highest BCUT2D eigenvalue weighted by molar-refractivity contribution is 6.33. The Labute approximate surface area is 273 Å². The Morgan fingerprint density at radius 3 is 1.65 bits per heavy atom. The predicted molar refractivity (Wildman–Crippen MR) is 170 cm³/mol. The van der Waals surface area contributed by atoms with Crippen LogP contribution in [0.1, 0.15) is 55.3 Å². The second kappa shape index (κ2) is 16.9. The molecule has 2 aliphatic heterocycles. The molecule has 2 aromatic rings. The fourth-order valence-electron chi connectivity index (χ4n) is 3.88. The molecule has 0 radical (unpaired) electrons. The summed E-state index contributed by atoms with van der Waals surface area (Å²) in [4.78, 5) is 47.1. The number of amides is 1. The van der Waals surface area contributed by atoms with Crippen LogP contribution in [0, 0.1) is 0 Å². The third-order valence-electron chi connectivity index (χ3n) is 5.78. The summed E-state index contributed by atoms with van der Waals surface area (Å²) in [6.45, 7) is 12.2. The number of esters is 2. The molecule has 0 aliphatic carbocycles. The number of nitrogens with one attached hydrogen (secondary N) is 1. The quantitative estimate of drug-likeness (QED) is 0.313. The van der Waals surface area contributed by atoms with Crippen molar-refractivity contribution < 1.29 is 28.6 Å². The van der Waals surface area contributed by atoms with Gasteiger partial charge in [-0.05, 0) is 46.8 Å². The van der Waals surface area contributed by atoms with Crippen LogP contribution in [0.15, 0.2) is 24.5 Å². The number of carbonyl (C=O) groups is 3. The van der Waals surface area contributed by atoms with Crippen LogP contribution in [0.3, 0.4) is 0 Å². The molecule has 0 atom stereocenters. The van der Waals surface area contributed by atoms with E-state index in [1.807, 2.05) is 30.6 Å². The SMILES string of the molecule is CCOC(=O)c1cnc(N2CC(N)C2)c(Cl)c1.CCOC(=O)c1cnc(N2CC(NC(=O)OC(C)(C)C)C2)c(Cl)c1.Cl.Cl.